The molecule has 102 valence electrons. The Balaban J connectivity index is 2.50. The zero-order valence-corrected chi connectivity index (χ0v) is 11.5. The van der Waals surface area contributed by atoms with Crippen molar-refractivity contribution in [2.75, 3.05) is 0 Å². The second kappa shape index (κ2) is 7.52. The van der Waals surface area contributed by atoms with Crippen molar-refractivity contribution < 1.29 is 14.3 Å². The summed E-state index contributed by atoms with van der Waals surface area (Å²) in [5.74, 6) is 0.444. The van der Waals surface area contributed by atoms with Crippen molar-refractivity contribution in [1.29, 1.82) is 0 Å². The fraction of sp³-hybridized carbons (Fsp3) is 0.375. The SMILES string of the molecule is C=CC(=O)Oc1ccc(CCC(=O)C(C)CC)cc1. The van der Waals surface area contributed by atoms with Crippen molar-refractivity contribution in [3.63, 3.8) is 0 Å². The van der Waals surface area contributed by atoms with Gasteiger partial charge in [0.15, 0.2) is 0 Å². The first-order chi connectivity index (χ1) is 9.06. The van der Waals surface area contributed by atoms with Crippen molar-refractivity contribution in [1.82, 2.24) is 0 Å². The molecule has 0 bridgehead atoms. The summed E-state index contributed by atoms with van der Waals surface area (Å²) in [5, 5.41) is 0. The van der Waals surface area contributed by atoms with Gasteiger partial charge < -0.3 is 4.74 Å². The number of aryl methyl sites for hydroxylation is 1. The average molecular weight is 260 g/mol. The van der Waals surface area contributed by atoms with E-state index in [1.807, 2.05) is 26.0 Å². The predicted molar refractivity (Wildman–Crippen MR) is 75.1 cm³/mol. The van der Waals surface area contributed by atoms with Gasteiger partial charge in [-0.1, -0.05) is 32.6 Å². The molecule has 19 heavy (non-hydrogen) atoms. The maximum absolute atomic E-state index is 11.7. The van der Waals surface area contributed by atoms with Crippen LogP contribution >= 0.6 is 0 Å². The zero-order chi connectivity index (χ0) is 14.3. The second-order valence-corrected chi connectivity index (χ2v) is 4.54. The topological polar surface area (TPSA) is 43.4 Å². The van der Waals surface area contributed by atoms with Crippen LogP contribution in [0.2, 0.25) is 0 Å². The van der Waals surface area contributed by atoms with Gasteiger partial charge in [0.05, 0.1) is 0 Å². The maximum Gasteiger partial charge on any atom is 0.335 e. The normalized spacial score (nSPS) is 11.7. The van der Waals surface area contributed by atoms with Gasteiger partial charge in [-0.2, -0.15) is 0 Å². The molecule has 1 aromatic rings. The molecular formula is C16H20O3. The van der Waals surface area contributed by atoms with Gasteiger partial charge in [0, 0.05) is 18.4 Å². The van der Waals surface area contributed by atoms with Gasteiger partial charge in [-0.25, -0.2) is 4.79 Å². The zero-order valence-electron chi connectivity index (χ0n) is 11.5. The first-order valence-electron chi connectivity index (χ1n) is 6.52. The minimum absolute atomic E-state index is 0.132. The summed E-state index contributed by atoms with van der Waals surface area (Å²) >= 11 is 0. The molecule has 1 rings (SSSR count). The highest BCUT2D eigenvalue weighted by atomic mass is 16.5. The van der Waals surface area contributed by atoms with Crippen molar-refractivity contribution in [3.8, 4) is 5.75 Å². The number of benzene rings is 1. The number of carbonyl (C=O) groups is 2. The van der Waals surface area contributed by atoms with E-state index in [4.69, 9.17) is 4.74 Å². The Labute approximate surface area is 114 Å². The molecule has 3 nitrogen and oxygen atoms in total. The van der Waals surface area contributed by atoms with Crippen molar-refractivity contribution in [2.24, 2.45) is 5.92 Å². The van der Waals surface area contributed by atoms with E-state index in [2.05, 4.69) is 6.58 Å². The molecule has 3 heteroatoms. The van der Waals surface area contributed by atoms with Crippen molar-refractivity contribution in [2.45, 2.75) is 33.1 Å². The van der Waals surface area contributed by atoms with E-state index >= 15 is 0 Å². The third kappa shape index (κ3) is 5.08. The molecule has 0 saturated carbocycles. The minimum atomic E-state index is -0.473. The largest absolute Gasteiger partial charge is 0.423 e. The molecule has 0 saturated heterocycles. The van der Waals surface area contributed by atoms with Gasteiger partial charge in [0.25, 0.3) is 0 Å². The van der Waals surface area contributed by atoms with Crippen LogP contribution < -0.4 is 4.74 Å². The van der Waals surface area contributed by atoms with E-state index < -0.39 is 5.97 Å². The monoisotopic (exact) mass is 260 g/mol. The first-order valence-corrected chi connectivity index (χ1v) is 6.52. The molecule has 1 atom stereocenters. The molecule has 1 unspecified atom stereocenters. The summed E-state index contributed by atoms with van der Waals surface area (Å²) in [6.07, 6.45) is 3.29. The lowest BCUT2D eigenvalue weighted by atomic mass is 9.98. The summed E-state index contributed by atoms with van der Waals surface area (Å²) < 4.78 is 4.98. The molecular weight excluding hydrogens is 240 g/mol. The van der Waals surface area contributed by atoms with Crippen LogP contribution in [0.15, 0.2) is 36.9 Å². The van der Waals surface area contributed by atoms with Crippen LogP contribution in [0.25, 0.3) is 0 Å². The highest BCUT2D eigenvalue weighted by Crippen LogP contribution is 2.15. The fourth-order valence-electron chi connectivity index (χ4n) is 1.62. The van der Waals surface area contributed by atoms with E-state index in [1.54, 1.807) is 12.1 Å². The Kier molecular flexibility index (Phi) is 6.00. The number of esters is 1. The van der Waals surface area contributed by atoms with E-state index in [9.17, 15) is 9.59 Å². The summed E-state index contributed by atoms with van der Waals surface area (Å²) in [6, 6.07) is 7.19. The Morgan fingerprint density at radius 2 is 1.95 bits per heavy atom. The number of Topliss-reactive ketones (excluding diaryl/α,β-unsaturated/α-hetero) is 1. The Morgan fingerprint density at radius 3 is 2.47 bits per heavy atom. The number of hydrogen-bond donors (Lipinski definition) is 0. The summed E-state index contributed by atoms with van der Waals surface area (Å²) in [7, 11) is 0. The van der Waals surface area contributed by atoms with Crippen LogP contribution in [0.3, 0.4) is 0 Å². The molecule has 0 spiro atoms. The van der Waals surface area contributed by atoms with Gasteiger partial charge in [0.1, 0.15) is 11.5 Å². The summed E-state index contributed by atoms with van der Waals surface area (Å²) in [6.45, 7) is 7.31. The molecule has 0 heterocycles. The standard InChI is InChI=1S/C16H20O3/c1-4-12(3)15(17)11-8-13-6-9-14(10-7-13)19-16(18)5-2/h5-7,9-10,12H,2,4,8,11H2,1,3H3. The Bertz CT molecular complexity index is 446. The molecule has 0 amide bonds. The highest BCUT2D eigenvalue weighted by molar-refractivity contribution is 5.83. The third-order valence-electron chi connectivity index (χ3n) is 3.13. The van der Waals surface area contributed by atoms with Gasteiger partial charge in [0.2, 0.25) is 0 Å². The number of rotatable bonds is 7. The van der Waals surface area contributed by atoms with Gasteiger partial charge in [-0.3, -0.25) is 4.79 Å². The van der Waals surface area contributed by atoms with E-state index in [0.717, 1.165) is 24.5 Å². The number of hydrogen-bond acceptors (Lipinski definition) is 3. The lowest BCUT2D eigenvalue weighted by Crippen LogP contribution is -2.10. The fourth-order valence-corrected chi connectivity index (χ4v) is 1.62. The van der Waals surface area contributed by atoms with Crippen LogP contribution in [0.1, 0.15) is 32.3 Å². The average Bonchev–Trinajstić information content (AvgIpc) is 2.45. The van der Waals surface area contributed by atoms with Gasteiger partial charge in [-0.05, 0) is 30.5 Å². The third-order valence-corrected chi connectivity index (χ3v) is 3.13. The van der Waals surface area contributed by atoms with Gasteiger partial charge in [-0.15, -0.1) is 0 Å². The molecule has 0 aliphatic heterocycles. The second-order valence-electron chi connectivity index (χ2n) is 4.54. The molecule has 0 aromatic heterocycles. The van der Waals surface area contributed by atoms with Crippen LogP contribution in [0.4, 0.5) is 0 Å². The predicted octanol–water partition coefficient (Wildman–Crippen LogP) is 3.33. The Morgan fingerprint density at radius 1 is 1.32 bits per heavy atom. The maximum atomic E-state index is 11.7. The van der Waals surface area contributed by atoms with E-state index in [0.29, 0.717) is 18.0 Å². The van der Waals surface area contributed by atoms with Crippen LogP contribution in [0, 0.1) is 5.92 Å². The lowest BCUT2D eigenvalue weighted by molar-refractivity contribution is -0.129. The van der Waals surface area contributed by atoms with Crippen LogP contribution in [-0.2, 0) is 16.0 Å². The minimum Gasteiger partial charge on any atom is -0.423 e. The molecule has 0 radical (unpaired) electrons. The van der Waals surface area contributed by atoms with E-state index in [1.165, 1.54) is 0 Å². The molecule has 1 aromatic carbocycles. The van der Waals surface area contributed by atoms with Crippen LogP contribution in [-0.4, -0.2) is 11.8 Å². The lowest BCUT2D eigenvalue weighted by Gasteiger charge is -2.07. The molecule has 0 aliphatic rings. The Hall–Kier alpha value is -1.90. The van der Waals surface area contributed by atoms with Crippen molar-refractivity contribution in [3.05, 3.63) is 42.5 Å². The summed E-state index contributed by atoms with van der Waals surface area (Å²) in [4.78, 5) is 22.7. The smallest absolute Gasteiger partial charge is 0.335 e. The number of ketones is 1. The molecule has 0 N–H and O–H groups in total. The molecule has 0 aliphatic carbocycles. The van der Waals surface area contributed by atoms with Gasteiger partial charge >= 0.3 is 5.97 Å². The number of ether oxygens (including phenoxy) is 1. The van der Waals surface area contributed by atoms with Crippen LogP contribution in [0.5, 0.6) is 5.75 Å². The first kappa shape index (κ1) is 15.2. The number of carbonyl (C=O) groups excluding carboxylic acids is 2. The molecule has 0 fully saturated rings. The summed E-state index contributed by atoms with van der Waals surface area (Å²) in [5.41, 5.74) is 1.06. The highest BCUT2D eigenvalue weighted by Gasteiger charge is 2.10. The van der Waals surface area contributed by atoms with E-state index in [-0.39, 0.29) is 5.92 Å². The van der Waals surface area contributed by atoms with Crippen molar-refractivity contribution >= 4 is 11.8 Å². The quantitative estimate of drug-likeness (QED) is 0.429.